The van der Waals surface area contributed by atoms with Crippen LogP contribution in [-0.4, -0.2) is 12.6 Å². The molecular weight excluding hydrogens is 261 g/mol. The maximum Gasteiger partial charge on any atom is 0.126 e. The first-order valence-electron chi connectivity index (χ1n) is 8.73. The van der Waals surface area contributed by atoms with E-state index in [1.807, 2.05) is 12.1 Å². The number of hydrogen-bond donors (Lipinski definition) is 1. The highest BCUT2D eigenvalue weighted by Gasteiger charge is 2.30. The van der Waals surface area contributed by atoms with Gasteiger partial charge in [-0.25, -0.2) is 4.39 Å². The summed E-state index contributed by atoms with van der Waals surface area (Å²) in [5.74, 6) is 1.46. The minimum Gasteiger partial charge on any atom is -0.313 e. The second kappa shape index (κ2) is 8.53. The lowest BCUT2D eigenvalue weighted by Crippen LogP contribution is -2.43. The molecule has 0 aliphatic heterocycles. The van der Waals surface area contributed by atoms with E-state index < -0.39 is 0 Å². The molecule has 118 valence electrons. The van der Waals surface area contributed by atoms with E-state index >= 15 is 0 Å². The van der Waals surface area contributed by atoms with Crippen molar-refractivity contribution in [1.29, 1.82) is 0 Å². The molecule has 3 atom stereocenters. The summed E-state index contributed by atoms with van der Waals surface area (Å²) in [7, 11) is 0. The quantitative estimate of drug-likeness (QED) is 0.749. The molecule has 0 bridgehead atoms. The van der Waals surface area contributed by atoms with E-state index in [0.717, 1.165) is 30.9 Å². The van der Waals surface area contributed by atoms with Gasteiger partial charge in [0.2, 0.25) is 0 Å². The zero-order chi connectivity index (χ0) is 15.1. The van der Waals surface area contributed by atoms with Gasteiger partial charge >= 0.3 is 0 Å². The minimum atomic E-state index is -0.0512. The monoisotopic (exact) mass is 291 g/mol. The van der Waals surface area contributed by atoms with Crippen molar-refractivity contribution in [3.63, 3.8) is 0 Å². The van der Waals surface area contributed by atoms with Gasteiger partial charge in [0.25, 0.3) is 0 Å². The smallest absolute Gasteiger partial charge is 0.126 e. The Morgan fingerprint density at radius 3 is 2.67 bits per heavy atom. The Bertz CT molecular complexity index is 418. The van der Waals surface area contributed by atoms with Crippen LogP contribution in [-0.2, 0) is 6.42 Å². The molecular formula is C19H30FN. The fraction of sp³-hybridized carbons (Fsp3) is 0.684. The van der Waals surface area contributed by atoms with E-state index in [4.69, 9.17) is 0 Å². The van der Waals surface area contributed by atoms with Gasteiger partial charge in [-0.2, -0.15) is 0 Å². The third kappa shape index (κ3) is 4.54. The lowest BCUT2D eigenvalue weighted by atomic mass is 9.72. The van der Waals surface area contributed by atoms with Gasteiger partial charge in [-0.05, 0) is 49.3 Å². The van der Waals surface area contributed by atoms with E-state index in [9.17, 15) is 4.39 Å². The van der Waals surface area contributed by atoms with Crippen LogP contribution < -0.4 is 5.32 Å². The van der Waals surface area contributed by atoms with E-state index in [1.54, 1.807) is 12.1 Å². The predicted molar refractivity (Wildman–Crippen MR) is 87.9 cm³/mol. The van der Waals surface area contributed by atoms with Crippen LogP contribution in [0, 0.1) is 17.7 Å². The Morgan fingerprint density at radius 1 is 1.19 bits per heavy atom. The molecule has 1 aliphatic carbocycles. The maximum absolute atomic E-state index is 14.0. The molecule has 1 fully saturated rings. The van der Waals surface area contributed by atoms with Crippen molar-refractivity contribution in [2.75, 3.05) is 6.54 Å². The fourth-order valence-electron chi connectivity index (χ4n) is 3.88. The van der Waals surface area contributed by atoms with Gasteiger partial charge in [0.05, 0.1) is 0 Å². The van der Waals surface area contributed by atoms with Crippen LogP contribution in [0.3, 0.4) is 0 Å². The van der Waals surface area contributed by atoms with Crippen molar-refractivity contribution in [1.82, 2.24) is 5.32 Å². The lowest BCUT2D eigenvalue weighted by molar-refractivity contribution is 0.173. The minimum absolute atomic E-state index is 0.0512. The molecule has 0 amide bonds. The molecule has 1 nitrogen and oxygen atoms in total. The van der Waals surface area contributed by atoms with Gasteiger partial charge in [0.1, 0.15) is 5.82 Å². The zero-order valence-electron chi connectivity index (χ0n) is 13.6. The highest BCUT2D eigenvalue weighted by atomic mass is 19.1. The molecule has 0 radical (unpaired) electrons. The standard InChI is InChI=1S/C19H30FN/c1-3-13-21-19(14-16-10-6-8-12-18(16)20)17-11-7-5-9-15(17)4-2/h6,8,10,12,15,17,19,21H,3-5,7,9,11,13-14H2,1-2H3. The first-order chi connectivity index (χ1) is 10.3. The molecule has 1 aliphatic rings. The molecule has 1 saturated carbocycles. The van der Waals surface area contributed by atoms with Crippen LogP contribution in [0.5, 0.6) is 0 Å². The van der Waals surface area contributed by atoms with Gasteiger partial charge < -0.3 is 5.32 Å². The second-order valence-electron chi connectivity index (χ2n) is 6.47. The summed E-state index contributed by atoms with van der Waals surface area (Å²) in [6.45, 7) is 5.54. The number of nitrogens with one attached hydrogen (secondary N) is 1. The summed E-state index contributed by atoms with van der Waals surface area (Å²) in [5.41, 5.74) is 0.867. The third-order valence-electron chi connectivity index (χ3n) is 5.06. The van der Waals surface area contributed by atoms with Crippen molar-refractivity contribution in [2.45, 2.75) is 64.8 Å². The van der Waals surface area contributed by atoms with Crippen LogP contribution in [0.25, 0.3) is 0 Å². The summed E-state index contributed by atoms with van der Waals surface area (Å²) in [4.78, 5) is 0. The Hall–Kier alpha value is -0.890. The van der Waals surface area contributed by atoms with E-state index in [2.05, 4.69) is 19.2 Å². The first-order valence-corrected chi connectivity index (χ1v) is 8.73. The number of hydrogen-bond acceptors (Lipinski definition) is 1. The van der Waals surface area contributed by atoms with Gasteiger partial charge in [-0.15, -0.1) is 0 Å². The molecule has 21 heavy (non-hydrogen) atoms. The van der Waals surface area contributed by atoms with Crippen molar-refractivity contribution < 1.29 is 4.39 Å². The largest absolute Gasteiger partial charge is 0.313 e. The third-order valence-corrected chi connectivity index (χ3v) is 5.06. The summed E-state index contributed by atoms with van der Waals surface area (Å²) in [6, 6.07) is 7.69. The van der Waals surface area contributed by atoms with E-state index in [-0.39, 0.29) is 5.82 Å². The first kappa shape index (κ1) is 16.5. The normalized spacial score (nSPS) is 24.0. The Morgan fingerprint density at radius 2 is 1.95 bits per heavy atom. The molecule has 1 N–H and O–H groups in total. The van der Waals surface area contributed by atoms with Gasteiger partial charge in [-0.3, -0.25) is 0 Å². The predicted octanol–water partition coefficient (Wildman–Crippen LogP) is 4.95. The molecule has 0 spiro atoms. The van der Waals surface area contributed by atoms with Crippen LogP contribution in [0.1, 0.15) is 57.9 Å². The average Bonchev–Trinajstić information content (AvgIpc) is 2.53. The fourth-order valence-corrected chi connectivity index (χ4v) is 3.88. The van der Waals surface area contributed by atoms with Crippen LogP contribution in [0.4, 0.5) is 4.39 Å². The summed E-state index contributed by atoms with van der Waals surface area (Å²) >= 11 is 0. The Labute approximate surface area is 129 Å². The van der Waals surface area contributed by atoms with Crippen LogP contribution in [0.15, 0.2) is 24.3 Å². The van der Waals surface area contributed by atoms with Gasteiger partial charge in [0.15, 0.2) is 0 Å². The highest BCUT2D eigenvalue weighted by molar-refractivity contribution is 5.18. The molecule has 2 rings (SSSR count). The lowest BCUT2D eigenvalue weighted by Gasteiger charge is -2.37. The van der Waals surface area contributed by atoms with E-state index in [0.29, 0.717) is 12.0 Å². The average molecular weight is 291 g/mol. The second-order valence-corrected chi connectivity index (χ2v) is 6.47. The molecule has 0 saturated heterocycles. The van der Waals surface area contributed by atoms with Crippen LogP contribution in [0.2, 0.25) is 0 Å². The molecule has 0 aromatic heterocycles. The Kier molecular flexibility index (Phi) is 6.69. The molecule has 1 aromatic carbocycles. The molecule has 0 heterocycles. The highest BCUT2D eigenvalue weighted by Crippen LogP contribution is 2.35. The van der Waals surface area contributed by atoms with E-state index in [1.165, 1.54) is 32.1 Å². The summed E-state index contributed by atoms with van der Waals surface area (Å²) in [6.07, 6.45) is 8.58. The summed E-state index contributed by atoms with van der Waals surface area (Å²) < 4.78 is 14.0. The number of halogens is 1. The van der Waals surface area contributed by atoms with Crippen molar-refractivity contribution in [2.24, 2.45) is 11.8 Å². The van der Waals surface area contributed by atoms with Gasteiger partial charge in [0, 0.05) is 6.04 Å². The zero-order valence-corrected chi connectivity index (χ0v) is 13.6. The van der Waals surface area contributed by atoms with Crippen LogP contribution >= 0.6 is 0 Å². The van der Waals surface area contributed by atoms with Crippen molar-refractivity contribution in [3.8, 4) is 0 Å². The molecule has 2 heteroatoms. The molecule has 3 unspecified atom stereocenters. The number of rotatable bonds is 7. The summed E-state index contributed by atoms with van der Waals surface area (Å²) in [5, 5.41) is 3.71. The van der Waals surface area contributed by atoms with Gasteiger partial charge in [-0.1, -0.05) is 57.7 Å². The SMILES string of the molecule is CCCNC(Cc1ccccc1F)C1CCCCC1CC. The topological polar surface area (TPSA) is 12.0 Å². The molecule has 1 aromatic rings. The van der Waals surface area contributed by atoms with Crippen molar-refractivity contribution in [3.05, 3.63) is 35.6 Å². The van der Waals surface area contributed by atoms with Crippen molar-refractivity contribution >= 4 is 0 Å². The number of benzene rings is 1. The Balaban J connectivity index is 2.11. The maximum atomic E-state index is 14.0.